The van der Waals surface area contributed by atoms with E-state index in [0.717, 1.165) is 0 Å². The van der Waals surface area contributed by atoms with Gasteiger partial charge < -0.3 is 10.2 Å². The minimum atomic E-state index is -1.13. The molecule has 0 saturated carbocycles. The summed E-state index contributed by atoms with van der Waals surface area (Å²) >= 11 is 0. The highest BCUT2D eigenvalue weighted by Gasteiger charge is 2.13. The molecule has 0 aromatic heterocycles. The van der Waals surface area contributed by atoms with Gasteiger partial charge in [0.05, 0.1) is 4.92 Å². The molecular weight excluding hydrogens is 198 g/mol. The second-order valence-corrected chi connectivity index (χ2v) is 2.96. The minimum Gasteiger partial charge on any atom is -0.510 e. The number of hydrogen-bond acceptors (Lipinski definition) is 4. The lowest BCUT2D eigenvalue weighted by Gasteiger charge is -2.09. The Balaban J connectivity index is 2.94. The minimum absolute atomic E-state index is 0.0501. The van der Waals surface area contributed by atoms with E-state index in [2.05, 4.69) is 0 Å². The van der Waals surface area contributed by atoms with Gasteiger partial charge in [0.2, 0.25) is 0 Å². The number of allylic oxidation sites excluding steroid dienone is 1. The van der Waals surface area contributed by atoms with Gasteiger partial charge in [0, 0.05) is 12.1 Å². The van der Waals surface area contributed by atoms with Gasteiger partial charge in [-0.15, -0.1) is 0 Å². The first kappa shape index (κ1) is 11.2. The van der Waals surface area contributed by atoms with Gasteiger partial charge >= 0.3 is 0 Å². The zero-order valence-electron chi connectivity index (χ0n) is 8.12. The van der Waals surface area contributed by atoms with Gasteiger partial charge in [-0.25, -0.2) is 0 Å². The van der Waals surface area contributed by atoms with Crippen LogP contribution in [0.1, 0.15) is 18.6 Å². The van der Waals surface area contributed by atoms with Crippen LogP contribution in [0.3, 0.4) is 0 Å². The number of aliphatic hydroxyl groups is 2. The van der Waals surface area contributed by atoms with Gasteiger partial charge in [-0.2, -0.15) is 0 Å². The number of nitro groups is 1. The van der Waals surface area contributed by atoms with Gasteiger partial charge in [0.1, 0.15) is 11.9 Å². The van der Waals surface area contributed by atoms with Crippen LogP contribution in [0.4, 0.5) is 5.69 Å². The van der Waals surface area contributed by atoms with Gasteiger partial charge in [-0.1, -0.05) is 0 Å². The standard InChI is InChI=1S/C10H11NO4/c1-2-9(12)10(13)7-3-5-8(6-4-7)11(14)15/h2-6,10,12-13H,1H3. The Bertz CT molecular complexity index is 383. The zero-order valence-corrected chi connectivity index (χ0v) is 8.12. The number of nitrogens with zero attached hydrogens (tertiary/aromatic N) is 1. The van der Waals surface area contributed by atoms with Gasteiger partial charge in [-0.05, 0) is 30.7 Å². The fourth-order valence-corrected chi connectivity index (χ4v) is 1.11. The summed E-state index contributed by atoms with van der Waals surface area (Å²) in [6.45, 7) is 1.59. The van der Waals surface area contributed by atoms with Gasteiger partial charge in [-0.3, -0.25) is 10.1 Å². The maximum Gasteiger partial charge on any atom is 0.269 e. The number of non-ortho nitro benzene ring substituents is 1. The lowest BCUT2D eigenvalue weighted by molar-refractivity contribution is -0.384. The fourth-order valence-electron chi connectivity index (χ4n) is 1.11. The second kappa shape index (κ2) is 4.56. The van der Waals surface area contributed by atoms with Gasteiger partial charge in [0.15, 0.2) is 0 Å². The van der Waals surface area contributed by atoms with Crippen LogP contribution in [0.15, 0.2) is 36.1 Å². The highest BCUT2D eigenvalue weighted by molar-refractivity contribution is 5.35. The molecule has 5 nitrogen and oxygen atoms in total. The summed E-state index contributed by atoms with van der Waals surface area (Å²) in [4.78, 5) is 9.83. The van der Waals surface area contributed by atoms with Gasteiger partial charge in [0.25, 0.3) is 5.69 Å². The molecule has 0 spiro atoms. The molecule has 5 heteroatoms. The first-order valence-electron chi connectivity index (χ1n) is 4.34. The Morgan fingerprint density at radius 2 is 2.00 bits per heavy atom. The smallest absolute Gasteiger partial charge is 0.269 e. The van der Waals surface area contributed by atoms with Crippen molar-refractivity contribution in [3.63, 3.8) is 0 Å². The quantitative estimate of drug-likeness (QED) is 0.453. The highest BCUT2D eigenvalue weighted by atomic mass is 16.6. The third-order valence-electron chi connectivity index (χ3n) is 2.00. The molecule has 0 radical (unpaired) electrons. The van der Waals surface area contributed by atoms with Crippen LogP contribution in [0.25, 0.3) is 0 Å². The first-order valence-corrected chi connectivity index (χ1v) is 4.34. The summed E-state index contributed by atoms with van der Waals surface area (Å²) < 4.78 is 0. The Labute approximate surface area is 86.4 Å². The number of aliphatic hydroxyl groups excluding tert-OH is 2. The molecule has 0 heterocycles. The van der Waals surface area contributed by atoms with E-state index in [1.807, 2.05) is 0 Å². The molecule has 1 unspecified atom stereocenters. The van der Waals surface area contributed by atoms with Crippen molar-refractivity contribution in [3.8, 4) is 0 Å². The van der Waals surface area contributed by atoms with E-state index >= 15 is 0 Å². The van der Waals surface area contributed by atoms with E-state index in [0.29, 0.717) is 5.56 Å². The predicted octanol–water partition coefficient (Wildman–Crippen LogP) is 2.09. The first-order chi connectivity index (χ1) is 7.06. The van der Waals surface area contributed by atoms with E-state index < -0.39 is 11.0 Å². The summed E-state index contributed by atoms with van der Waals surface area (Å²) in [5, 5.41) is 29.1. The number of nitro benzene ring substituents is 1. The summed E-state index contributed by atoms with van der Waals surface area (Å²) in [6.07, 6.45) is 0.238. The number of hydrogen-bond donors (Lipinski definition) is 2. The molecule has 2 N–H and O–H groups in total. The largest absolute Gasteiger partial charge is 0.510 e. The number of rotatable bonds is 3. The molecule has 0 aliphatic carbocycles. The Morgan fingerprint density at radius 1 is 1.47 bits per heavy atom. The van der Waals surface area contributed by atoms with E-state index in [-0.39, 0.29) is 11.4 Å². The Morgan fingerprint density at radius 3 is 2.40 bits per heavy atom. The summed E-state index contributed by atoms with van der Waals surface area (Å²) in [5.74, 6) is -0.177. The SMILES string of the molecule is CC=C(O)C(O)c1ccc([N+](=O)[O-])cc1. The maximum absolute atomic E-state index is 10.4. The van der Waals surface area contributed by atoms with Crippen molar-refractivity contribution in [1.29, 1.82) is 0 Å². The van der Waals surface area contributed by atoms with Crippen LogP contribution in [0.5, 0.6) is 0 Å². The molecule has 1 atom stereocenters. The van der Waals surface area contributed by atoms with Crippen LogP contribution < -0.4 is 0 Å². The van der Waals surface area contributed by atoms with E-state index in [1.165, 1.54) is 30.3 Å². The van der Waals surface area contributed by atoms with Crippen molar-refractivity contribution in [3.05, 3.63) is 51.8 Å². The van der Waals surface area contributed by atoms with E-state index in [9.17, 15) is 20.3 Å². The van der Waals surface area contributed by atoms with Crippen molar-refractivity contribution in [2.45, 2.75) is 13.0 Å². The molecule has 80 valence electrons. The average molecular weight is 209 g/mol. The molecule has 1 aromatic rings. The monoisotopic (exact) mass is 209 g/mol. The molecule has 0 amide bonds. The lowest BCUT2D eigenvalue weighted by Crippen LogP contribution is -2.00. The normalized spacial score (nSPS) is 13.6. The molecular formula is C10H11NO4. The van der Waals surface area contributed by atoms with Crippen molar-refractivity contribution >= 4 is 5.69 Å². The third kappa shape index (κ3) is 2.54. The van der Waals surface area contributed by atoms with Crippen molar-refractivity contribution in [2.24, 2.45) is 0 Å². The molecule has 1 rings (SSSR count). The van der Waals surface area contributed by atoms with Crippen LogP contribution in [0.2, 0.25) is 0 Å². The number of benzene rings is 1. The molecule has 0 fully saturated rings. The summed E-state index contributed by atoms with van der Waals surface area (Å²) in [5.41, 5.74) is 0.363. The van der Waals surface area contributed by atoms with Crippen LogP contribution >= 0.6 is 0 Å². The van der Waals surface area contributed by atoms with E-state index in [4.69, 9.17) is 0 Å². The zero-order chi connectivity index (χ0) is 11.4. The molecule has 0 bridgehead atoms. The third-order valence-corrected chi connectivity index (χ3v) is 2.00. The molecule has 0 aliphatic rings. The van der Waals surface area contributed by atoms with Crippen molar-refractivity contribution < 1.29 is 15.1 Å². The van der Waals surface area contributed by atoms with Crippen molar-refractivity contribution in [2.75, 3.05) is 0 Å². The van der Waals surface area contributed by atoms with Crippen molar-refractivity contribution in [1.82, 2.24) is 0 Å². The maximum atomic E-state index is 10.4. The summed E-state index contributed by atoms with van der Waals surface area (Å²) in [7, 11) is 0. The molecule has 1 aromatic carbocycles. The fraction of sp³-hybridized carbons (Fsp3) is 0.200. The van der Waals surface area contributed by atoms with Crippen LogP contribution in [0, 0.1) is 10.1 Å². The van der Waals surface area contributed by atoms with Crippen LogP contribution in [-0.4, -0.2) is 15.1 Å². The average Bonchev–Trinajstić information content (AvgIpc) is 2.27. The lowest BCUT2D eigenvalue weighted by atomic mass is 10.1. The topological polar surface area (TPSA) is 83.6 Å². The van der Waals surface area contributed by atoms with Crippen LogP contribution in [-0.2, 0) is 0 Å². The molecule has 15 heavy (non-hydrogen) atoms. The Hall–Kier alpha value is -1.88. The Kier molecular flexibility index (Phi) is 3.41. The second-order valence-electron chi connectivity index (χ2n) is 2.96. The molecule has 0 aliphatic heterocycles. The highest BCUT2D eigenvalue weighted by Crippen LogP contribution is 2.21. The molecule has 0 saturated heterocycles. The predicted molar refractivity (Wildman–Crippen MR) is 54.4 cm³/mol. The summed E-state index contributed by atoms with van der Waals surface area (Å²) in [6, 6.07) is 5.37. The van der Waals surface area contributed by atoms with E-state index in [1.54, 1.807) is 6.92 Å².